The van der Waals surface area contributed by atoms with E-state index in [0.717, 1.165) is 22.5 Å². The van der Waals surface area contributed by atoms with Crippen LogP contribution in [0.25, 0.3) is 6.08 Å². The Bertz CT molecular complexity index is 1200. The summed E-state index contributed by atoms with van der Waals surface area (Å²) in [7, 11) is 0. The van der Waals surface area contributed by atoms with Crippen LogP contribution in [0.5, 0.6) is 5.75 Å². The molecule has 0 bridgehead atoms. The fourth-order valence-electron chi connectivity index (χ4n) is 3.02. The third-order valence-electron chi connectivity index (χ3n) is 4.69. The first-order valence-corrected chi connectivity index (χ1v) is 11.0. The molecule has 3 aromatic rings. The Hall–Kier alpha value is -2.73. The number of carbonyl (C=O) groups excluding carboxylic acids is 1. The molecule has 4 nitrogen and oxygen atoms in total. The van der Waals surface area contributed by atoms with Gasteiger partial charge < -0.3 is 5.11 Å². The fourth-order valence-corrected chi connectivity index (χ4v) is 4.52. The lowest BCUT2D eigenvalue weighted by Crippen LogP contribution is -2.28. The molecule has 156 valence electrons. The Morgan fingerprint density at radius 2 is 1.48 bits per heavy atom. The zero-order chi connectivity index (χ0) is 22.1. The topological polar surface area (TPSA) is 52.9 Å². The fraction of sp³-hybridized carbons (Fsp3) is 0.0833. The van der Waals surface area contributed by atoms with Crippen LogP contribution >= 0.6 is 35.0 Å². The van der Waals surface area contributed by atoms with Gasteiger partial charge in [-0.15, -0.1) is 0 Å². The van der Waals surface area contributed by atoms with E-state index < -0.39 is 0 Å². The van der Waals surface area contributed by atoms with Gasteiger partial charge in [-0.25, -0.2) is 4.99 Å². The van der Waals surface area contributed by atoms with Crippen LogP contribution in [0, 0.1) is 13.8 Å². The molecule has 7 heteroatoms. The predicted octanol–water partition coefficient (Wildman–Crippen LogP) is 7.12. The van der Waals surface area contributed by atoms with Crippen molar-refractivity contribution in [3.8, 4) is 5.75 Å². The molecule has 3 aromatic carbocycles. The number of anilines is 1. The third-order valence-corrected chi connectivity index (χ3v) is 6.24. The minimum atomic E-state index is -0.194. The molecule has 0 radical (unpaired) electrons. The number of amides is 1. The van der Waals surface area contributed by atoms with Gasteiger partial charge in [-0.1, -0.05) is 58.6 Å². The molecule has 1 fully saturated rings. The smallest absolute Gasteiger partial charge is 0.271 e. The lowest BCUT2D eigenvalue weighted by molar-refractivity contribution is -0.113. The van der Waals surface area contributed by atoms with Crippen LogP contribution < -0.4 is 4.90 Å². The molecular formula is C24H18Cl2N2O2S. The van der Waals surface area contributed by atoms with E-state index in [4.69, 9.17) is 28.2 Å². The second-order valence-electron chi connectivity index (χ2n) is 7.15. The second-order valence-corrected chi connectivity index (χ2v) is 8.97. The van der Waals surface area contributed by atoms with E-state index in [1.807, 2.05) is 62.4 Å². The van der Waals surface area contributed by atoms with Crippen LogP contribution in [0.15, 0.2) is 70.6 Å². The standard InChI is InChI=1S/C24H18Cl2N2O2S/c1-14-3-7-17(8-4-14)27-24-28(18-9-5-15(2)6-10-18)23(30)21(31-24)13-16-11-19(25)22(29)20(26)12-16/h3-13,29H,1-2H3/b21-13-,27-24?. The van der Waals surface area contributed by atoms with E-state index in [1.54, 1.807) is 23.1 Å². The largest absolute Gasteiger partial charge is 0.505 e. The summed E-state index contributed by atoms with van der Waals surface area (Å²) in [5.74, 6) is -0.376. The van der Waals surface area contributed by atoms with E-state index >= 15 is 0 Å². The van der Waals surface area contributed by atoms with Crippen LogP contribution in [-0.2, 0) is 4.79 Å². The van der Waals surface area contributed by atoms with Gasteiger partial charge >= 0.3 is 0 Å². The van der Waals surface area contributed by atoms with Gasteiger partial charge in [0.2, 0.25) is 0 Å². The molecule has 0 atom stereocenters. The molecule has 31 heavy (non-hydrogen) atoms. The van der Waals surface area contributed by atoms with Crippen molar-refractivity contribution in [2.75, 3.05) is 4.90 Å². The number of hydrogen-bond donors (Lipinski definition) is 1. The second kappa shape index (κ2) is 8.79. The highest BCUT2D eigenvalue weighted by atomic mass is 35.5. The summed E-state index contributed by atoms with van der Waals surface area (Å²) >= 11 is 13.4. The molecule has 0 aromatic heterocycles. The van der Waals surface area contributed by atoms with Gasteiger partial charge in [-0.05, 0) is 73.6 Å². The van der Waals surface area contributed by atoms with Crippen molar-refractivity contribution in [3.05, 3.63) is 92.3 Å². The van der Waals surface area contributed by atoms with E-state index in [1.165, 1.54) is 11.8 Å². The van der Waals surface area contributed by atoms with Crippen LogP contribution in [-0.4, -0.2) is 16.2 Å². The number of amidine groups is 1. The van der Waals surface area contributed by atoms with Gasteiger partial charge in [0.1, 0.15) is 0 Å². The number of aliphatic imine (C=N–C) groups is 1. The summed E-state index contributed by atoms with van der Waals surface area (Å²) in [6.45, 7) is 4.01. The van der Waals surface area contributed by atoms with Gasteiger partial charge in [0.25, 0.3) is 5.91 Å². The van der Waals surface area contributed by atoms with Crippen molar-refractivity contribution in [2.24, 2.45) is 4.99 Å². The first kappa shape index (κ1) is 21.5. The molecule has 1 saturated heterocycles. The van der Waals surface area contributed by atoms with Crippen molar-refractivity contribution in [2.45, 2.75) is 13.8 Å². The molecule has 0 unspecified atom stereocenters. The maximum Gasteiger partial charge on any atom is 0.271 e. The number of benzene rings is 3. The van der Waals surface area contributed by atoms with Crippen molar-refractivity contribution < 1.29 is 9.90 Å². The summed E-state index contributed by atoms with van der Waals surface area (Å²) in [5, 5.41) is 10.6. The molecule has 0 aliphatic carbocycles. The molecule has 1 aliphatic rings. The summed E-state index contributed by atoms with van der Waals surface area (Å²) in [6, 6.07) is 18.6. The number of aromatic hydroxyl groups is 1. The SMILES string of the molecule is Cc1ccc(N=C2S/C(=C\c3cc(Cl)c(O)c(Cl)c3)C(=O)N2c2ccc(C)cc2)cc1. The number of phenols is 1. The number of aryl methyl sites for hydroxylation is 2. The highest BCUT2D eigenvalue weighted by Crippen LogP contribution is 2.39. The van der Waals surface area contributed by atoms with Crippen LogP contribution in [0.2, 0.25) is 10.0 Å². The van der Waals surface area contributed by atoms with E-state index in [0.29, 0.717) is 15.6 Å². The van der Waals surface area contributed by atoms with Crippen molar-refractivity contribution >= 4 is 63.5 Å². The molecule has 0 spiro atoms. The number of hydrogen-bond acceptors (Lipinski definition) is 4. The minimum absolute atomic E-state index is 0.124. The summed E-state index contributed by atoms with van der Waals surface area (Å²) in [6.07, 6.45) is 1.70. The Balaban J connectivity index is 1.78. The Morgan fingerprint density at radius 3 is 2.06 bits per heavy atom. The van der Waals surface area contributed by atoms with E-state index in [-0.39, 0.29) is 21.7 Å². The molecule has 1 heterocycles. The summed E-state index contributed by atoms with van der Waals surface area (Å²) in [5.41, 5.74) is 4.35. The maximum atomic E-state index is 13.3. The number of thioether (sulfide) groups is 1. The Kier molecular flexibility index (Phi) is 6.10. The average Bonchev–Trinajstić information content (AvgIpc) is 3.03. The highest BCUT2D eigenvalue weighted by Gasteiger charge is 2.34. The monoisotopic (exact) mass is 468 g/mol. The molecule has 4 rings (SSSR count). The van der Waals surface area contributed by atoms with E-state index in [9.17, 15) is 9.90 Å². The third kappa shape index (κ3) is 4.64. The molecule has 1 aliphatic heterocycles. The molecule has 0 saturated carbocycles. The van der Waals surface area contributed by atoms with Crippen LogP contribution in [0.4, 0.5) is 11.4 Å². The predicted molar refractivity (Wildman–Crippen MR) is 131 cm³/mol. The molecular weight excluding hydrogens is 451 g/mol. The normalized spacial score (nSPS) is 16.5. The average molecular weight is 469 g/mol. The maximum absolute atomic E-state index is 13.3. The van der Waals surface area contributed by atoms with E-state index in [2.05, 4.69) is 0 Å². The van der Waals surface area contributed by atoms with Crippen molar-refractivity contribution in [1.82, 2.24) is 0 Å². The van der Waals surface area contributed by atoms with Crippen molar-refractivity contribution in [1.29, 1.82) is 0 Å². The summed E-state index contributed by atoms with van der Waals surface area (Å²) < 4.78 is 0. The highest BCUT2D eigenvalue weighted by molar-refractivity contribution is 8.19. The first-order chi connectivity index (χ1) is 14.8. The number of carbonyl (C=O) groups is 1. The lowest BCUT2D eigenvalue weighted by Gasteiger charge is -2.16. The Morgan fingerprint density at radius 1 is 0.935 bits per heavy atom. The van der Waals surface area contributed by atoms with Gasteiger partial charge in [0.05, 0.1) is 26.3 Å². The zero-order valence-electron chi connectivity index (χ0n) is 16.8. The van der Waals surface area contributed by atoms with Crippen LogP contribution in [0.1, 0.15) is 16.7 Å². The number of rotatable bonds is 3. The Labute approximate surface area is 194 Å². The zero-order valence-corrected chi connectivity index (χ0v) is 19.1. The quantitative estimate of drug-likeness (QED) is 0.416. The number of nitrogens with zero attached hydrogens (tertiary/aromatic N) is 2. The van der Waals surface area contributed by atoms with Gasteiger partial charge in [-0.3, -0.25) is 9.69 Å². The van der Waals surface area contributed by atoms with Gasteiger partial charge in [0.15, 0.2) is 10.9 Å². The van der Waals surface area contributed by atoms with Crippen LogP contribution in [0.3, 0.4) is 0 Å². The molecule has 1 amide bonds. The first-order valence-electron chi connectivity index (χ1n) is 9.46. The minimum Gasteiger partial charge on any atom is -0.505 e. The van der Waals surface area contributed by atoms with Crippen molar-refractivity contribution in [3.63, 3.8) is 0 Å². The number of halogens is 2. The number of phenolic OH excluding ortho intramolecular Hbond substituents is 1. The summed E-state index contributed by atoms with van der Waals surface area (Å²) in [4.78, 5) is 20.1. The molecule has 1 N–H and O–H groups in total. The van der Waals surface area contributed by atoms with Gasteiger partial charge in [0, 0.05) is 0 Å². The lowest BCUT2D eigenvalue weighted by atomic mass is 10.2. The van der Waals surface area contributed by atoms with Gasteiger partial charge in [-0.2, -0.15) is 0 Å².